The zero-order valence-electron chi connectivity index (χ0n) is 15.3. The van der Waals surface area contributed by atoms with Gasteiger partial charge in [-0.15, -0.1) is 11.3 Å². The fraction of sp³-hybridized carbons (Fsp3) is 0.400. The van der Waals surface area contributed by atoms with Gasteiger partial charge in [0.1, 0.15) is 14.9 Å². The van der Waals surface area contributed by atoms with E-state index in [4.69, 9.17) is 16.3 Å². The van der Waals surface area contributed by atoms with Gasteiger partial charge in [0.15, 0.2) is 0 Å². The molecule has 1 aromatic heterocycles. The van der Waals surface area contributed by atoms with Gasteiger partial charge in [-0.05, 0) is 38.4 Å². The first-order chi connectivity index (χ1) is 13.1. The van der Waals surface area contributed by atoms with Crippen LogP contribution in [0.4, 0.5) is 5.00 Å². The number of hydrogen-bond donors (Lipinski definition) is 1. The van der Waals surface area contributed by atoms with Gasteiger partial charge in [0.05, 0.1) is 13.2 Å². The Balaban J connectivity index is 1.87. The Labute approximate surface area is 168 Å². The summed E-state index contributed by atoms with van der Waals surface area (Å²) >= 11 is 7.65. The number of hydrogen-bond acceptors (Lipinski definition) is 5. The molecule has 1 N–H and O–H groups in total. The van der Waals surface area contributed by atoms with Crippen molar-refractivity contribution in [1.82, 2.24) is 4.90 Å². The van der Waals surface area contributed by atoms with Gasteiger partial charge in [0, 0.05) is 5.56 Å². The second-order valence-electron chi connectivity index (χ2n) is 6.43. The summed E-state index contributed by atoms with van der Waals surface area (Å²) in [6.07, 6.45) is 3.45. The standard InChI is InChI=1S/C20H23ClN2O3S/c1-2-26-20(25)17-16(14-9-5-3-6-10-14)18(21)27-19(17)22-15(24)13-23-11-7-4-8-12-23/h3,5-6,9-10H,2,4,7-8,11-13H2,1H3,(H,22,24). The zero-order chi connectivity index (χ0) is 19.2. The van der Waals surface area contributed by atoms with Gasteiger partial charge in [0.2, 0.25) is 5.91 Å². The summed E-state index contributed by atoms with van der Waals surface area (Å²) < 4.78 is 5.68. The van der Waals surface area contributed by atoms with Gasteiger partial charge in [0.25, 0.3) is 0 Å². The molecule has 0 unspecified atom stereocenters. The number of benzene rings is 1. The molecule has 0 radical (unpaired) electrons. The van der Waals surface area contributed by atoms with Gasteiger partial charge in [-0.2, -0.15) is 0 Å². The summed E-state index contributed by atoms with van der Waals surface area (Å²) in [6, 6.07) is 9.43. The van der Waals surface area contributed by atoms with Crippen molar-refractivity contribution in [3.8, 4) is 11.1 Å². The molecule has 0 saturated carbocycles. The molecular weight excluding hydrogens is 384 g/mol. The van der Waals surface area contributed by atoms with Gasteiger partial charge in [-0.25, -0.2) is 4.79 Å². The number of thiophene rings is 1. The number of anilines is 1. The maximum atomic E-state index is 12.6. The van der Waals surface area contributed by atoms with Crippen LogP contribution in [0.5, 0.6) is 0 Å². The third-order valence-corrected chi connectivity index (χ3v) is 5.79. The van der Waals surface area contributed by atoms with E-state index in [-0.39, 0.29) is 12.5 Å². The molecule has 1 amide bonds. The van der Waals surface area contributed by atoms with E-state index in [2.05, 4.69) is 10.2 Å². The predicted molar refractivity (Wildman–Crippen MR) is 110 cm³/mol. The lowest BCUT2D eigenvalue weighted by molar-refractivity contribution is -0.117. The normalized spacial score (nSPS) is 14.7. The molecule has 3 rings (SSSR count). The molecule has 1 aromatic carbocycles. The number of piperidine rings is 1. The number of halogens is 1. The number of carbonyl (C=O) groups excluding carboxylic acids is 2. The van der Waals surface area contributed by atoms with Crippen molar-refractivity contribution >= 4 is 39.8 Å². The second kappa shape index (κ2) is 9.35. The van der Waals surface area contributed by atoms with Gasteiger partial charge in [-0.1, -0.05) is 48.4 Å². The molecule has 5 nitrogen and oxygen atoms in total. The maximum Gasteiger partial charge on any atom is 0.341 e. The summed E-state index contributed by atoms with van der Waals surface area (Å²) in [7, 11) is 0. The number of nitrogens with zero attached hydrogens (tertiary/aromatic N) is 1. The topological polar surface area (TPSA) is 58.6 Å². The highest BCUT2D eigenvalue weighted by Gasteiger charge is 2.26. The van der Waals surface area contributed by atoms with E-state index in [1.165, 1.54) is 17.8 Å². The summed E-state index contributed by atoms with van der Waals surface area (Å²) in [6.45, 7) is 4.18. The highest BCUT2D eigenvalue weighted by Crippen LogP contribution is 2.43. The summed E-state index contributed by atoms with van der Waals surface area (Å²) in [5, 5.41) is 3.32. The quantitative estimate of drug-likeness (QED) is 0.708. The number of likely N-dealkylation sites (tertiary alicyclic amines) is 1. The van der Waals surface area contributed by atoms with Gasteiger partial charge >= 0.3 is 5.97 Å². The molecule has 2 heterocycles. The van der Waals surface area contributed by atoms with Crippen LogP contribution in [0.25, 0.3) is 11.1 Å². The van der Waals surface area contributed by atoms with Gasteiger partial charge in [-0.3, -0.25) is 9.69 Å². The molecule has 1 fully saturated rings. The van der Waals surface area contributed by atoms with Crippen molar-refractivity contribution in [2.75, 3.05) is 31.6 Å². The molecule has 0 spiro atoms. The Morgan fingerprint density at radius 3 is 2.56 bits per heavy atom. The fourth-order valence-electron chi connectivity index (χ4n) is 3.24. The molecule has 0 aliphatic carbocycles. The van der Waals surface area contributed by atoms with Crippen LogP contribution in [0, 0.1) is 0 Å². The highest BCUT2D eigenvalue weighted by molar-refractivity contribution is 7.21. The molecule has 1 aliphatic rings. The van der Waals surface area contributed by atoms with Crippen LogP contribution in [0.2, 0.25) is 4.34 Å². The van der Waals surface area contributed by atoms with Crippen molar-refractivity contribution in [2.45, 2.75) is 26.2 Å². The number of rotatable bonds is 6. The molecule has 1 saturated heterocycles. The molecule has 7 heteroatoms. The molecule has 0 atom stereocenters. The number of esters is 1. The first-order valence-corrected chi connectivity index (χ1v) is 10.4. The van der Waals surface area contributed by atoms with E-state index in [1.807, 2.05) is 30.3 Å². The van der Waals surface area contributed by atoms with Gasteiger partial charge < -0.3 is 10.1 Å². The van der Waals surface area contributed by atoms with Crippen LogP contribution in [0.15, 0.2) is 30.3 Å². The van der Waals surface area contributed by atoms with Crippen molar-refractivity contribution in [1.29, 1.82) is 0 Å². The van der Waals surface area contributed by atoms with Crippen LogP contribution < -0.4 is 5.32 Å². The lowest BCUT2D eigenvalue weighted by Crippen LogP contribution is -2.36. The Hall–Kier alpha value is -1.89. The Bertz CT molecular complexity index is 801. The Morgan fingerprint density at radius 1 is 1.19 bits per heavy atom. The van der Waals surface area contributed by atoms with Crippen LogP contribution in [0.3, 0.4) is 0 Å². The first-order valence-electron chi connectivity index (χ1n) is 9.17. The minimum Gasteiger partial charge on any atom is -0.462 e. The van der Waals surface area contributed by atoms with E-state index in [9.17, 15) is 9.59 Å². The number of amides is 1. The summed E-state index contributed by atoms with van der Waals surface area (Å²) in [4.78, 5) is 27.3. The van der Waals surface area contributed by atoms with Crippen LogP contribution in [-0.4, -0.2) is 43.0 Å². The lowest BCUT2D eigenvalue weighted by Gasteiger charge is -2.25. The molecular formula is C20H23ClN2O3S. The average Bonchev–Trinajstić information content (AvgIpc) is 2.99. The average molecular weight is 407 g/mol. The third-order valence-electron chi connectivity index (χ3n) is 4.48. The summed E-state index contributed by atoms with van der Waals surface area (Å²) in [5.74, 6) is -0.618. The van der Waals surface area contributed by atoms with Crippen molar-refractivity contribution in [2.24, 2.45) is 0 Å². The van der Waals surface area contributed by atoms with Crippen LogP contribution in [0.1, 0.15) is 36.5 Å². The van der Waals surface area contributed by atoms with E-state index in [0.717, 1.165) is 31.5 Å². The van der Waals surface area contributed by atoms with Crippen molar-refractivity contribution in [3.05, 3.63) is 40.2 Å². The zero-order valence-corrected chi connectivity index (χ0v) is 16.9. The van der Waals surface area contributed by atoms with E-state index < -0.39 is 5.97 Å². The molecule has 1 aliphatic heterocycles. The summed E-state index contributed by atoms with van der Waals surface area (Å²) in [5.41, 5.74) is 1.75. The number of carbonyl (C=O) groups is 2. The Morgan fingerprint density at radius 2 is 1.89 bits per heavy atom. The largest absolute Gasteiger partial charge is 0.462 e. The Kier molecular flexibility index (Phi) is 6.88. The van der Waals surface area contributed by atoms with E-state index in [0.29, 0.717) is 27.0 Å². The van der Waals surface area contributed by atoms with E-state index in [1.54, 1.807) is 6.92 Å². The minimum atomic E-state index is -0.479. The molecule has 144 valence electrons. The van der Waals surface area contributed by atoms with Crippen LogP contribution in [-0.2, 0) is 9.53 Å². The predicted octanol–water partition coefficient (Wildman–Crippen LogP) is 4.67. The molecule has 0 bridgehead atoms. The second-order valence-corrected chi connectivity index (χ2v) is 8.05. The molecule has 27 heavy (non-hydrogen) atoms. The number of ether oxygens (including phenoxy) is 1. The number of nitrogens with one attached hydrogen (secondary N) is 1. The fourth-order valence-corrected chi connectivity index (χ4v) is 4.63. The van der Waals surface area contributed by atoms with E-state index >= 15 is 0 Å². The first kappa shape index (κ1) is 19.9. The highest BCUT2D eigenvalue weighted by atomic mass is 35.5. The van der Waals surface area contributed by atoms with Crippen molar-refractivity contribution in [3.63, 3.8) is 0 Å². The van der Waals surface area contributed by atoms with Crippen molar-refractivity contribution < 1.29 is 14.3 Å². The monoisotopic (exact) mass is 406 g/mol. The molecule has 2 aromatic rings. The maximum absolute atomic E-state index is 12.6. The minimum absolute atomic E-state index is 0.139. The smallest absolute Gasteiger partial charge is 0.341 e. The lowest BCUT2D eigenvalue weighted by atomic mass is 10.0. The van der Waals surface area contributed by atoms with Crippen LogP contribution >= 0.6 is 22.9 Å². The SMILES string of the molecule is CCOC(=O)c1c(NC(=O)CN2CCCCC2)sc(Cl)c1-c1ccccc1. The third kappa shape index (κ3) is 4.89.